The van der Waals surface area contributed by atoms with Gasteiger partial charge in [-0.2, -0.15) is 0 Å². The van der Waals surface area contributed by atoms with Crippen LogP contribution < -0.4 is 5.32 Å². The fraction of sp³-hybridized carbons (Fsp3) is 0.533. The van der Waals surface area contributed by atoms with Crippen molar-refractivity contribution in [1.82, 2.24) is 10.3 Å². The molecule has 0 aliphatic carbocycles. The molecule has 1 unspecified atom stereocenters. The molecular formula is C15H23BrN2. The van der Waals surface area contributed by atoms with Crippen LogP contribution in [0.3, 0.4) is 0 Å². The van der Waals surface area contributed by atoms with Crippen LogP contribution in [0.5, 0.6) is 0 Å². The molecule has 18 heavy (non-hydrogen) atoms. The van der Waals surface area contributed by atoms with Gasteiger partial charge < -0.3 is 5.32 Å². The highest BCUT2D eigenvalue weighted by atomic mass is 79.9. The molecule has 0 aliphatic heterocycles. The topological polar surface area (TPSA) is 24.9 Å². The van der Waals surface area contributed by atoms with Crippen molar-refractivity contribution in [3.63, 3.8) is 0 Å². The Bertz CT molecular complexity index is 352. The molecule has 3 heteroatoms. The number of pyridine rings is 1. The van der Waals surface area contributed by atoms with Gasteiger partial charge in [0.15, 0.2) is 0 Å². The first-order chi connectivity index (χ1) is 8.77. The maximum atomic E-state index is 4.24. The van der Waals surface area contributed by atoms with Gasteiger partial charge in [0.1, 0.15) is 0 Å². The van der Waals surface area contributed by atoms with Gasteiger partial charge in [0.05, 0.1) is 0 Å². The lowest BCUT2D eigenvalue weighted by atomic mass is 10.0. The molecule has 1 rings (SSSR count). The lowest BCUT2D eigenvalue weighted by molar-refractivity contribution is 0.482. The van der Waals surface area contributed by atoms with E-state index in [0.29, 0.717) is 6.04 Å². The standard InChI is InChI=1S/C15H23BrN2/c1-3-5-6-7-8-9-15(18-4-2)13-10-14(16)12-17-11-13/h3,10-12,15,18H,1,4-9H2,2H3. The fourth-order valence-electron chi connectivity index (χ4n) is 2.07. The van der Waals surface area contributed by atoms with Crippen molar-refractivity contribution in [1.29, 1.82) is 0 Å². The van der Waals surface area contributed by atoms with Gasteiger partial charge in [-0.25, -0.2) is 0 Å². The molecular weight excluding hydrogens is 288 g/mol. The molecule has 1 atom stereocenters. The van der Waals surface area contributed by atoms with Crippen LogP contribution in [0.1, 0.15) is 50.6 Å². The highest BCUT2D eigenvalue weighted by Crippen LogP contribution is 2.22. The summed E-state index contributed by atoms with van der Waals surface area (Å²) in [6, 6.07) is 2.58. The Labute approximate surface area is 119 Å². The minimum atomic E-state index is 0.420. The summed E-state index contributed by atoms with van der Waals surface area (Å²) in [6.07, 6.45) is 11.9. The fourth-order valence-corrected chi connectivity index (χ4v) is 2.45. The molecule has 1 N–H and O–H groups in total. The van der Waals surface area contributed by atoms with Gasteiger partial charge >= 0.3 is 0 Å². The molecule has 0 fully saturated rings. The van der Waals surface area contributed by atoms with E-state index in [1.807, 2.05) is 18.5 Å². The molecule has 0 radical (unpaired) electrons. The van der Waals surface area contributed by atoms with Crippen molar-refractivity contribution in [2.75, 3.05) is 6.54 Å². The molecule has 100 valence electrons. The highest BCUT2D eigenvalue weighted by molar-refractivity contribution is 9.10. The Hall–Kier alpha value is -0.670. The minimum Gasteiger partial charge on any atom is -0.310 e. The maximum absolute atomic E-state index is 4.24. The second-order valence-electron chi connectivity index (χ2n) is 4.47. The molecule has 0 amide bonds. The minimum absolute atomic E-state index is 0.420. The molecule has 0 aromatic carbocycles. The summed E-state index contributed by atoms with van der Waals surface area (Å²) in [5.74, 6) is 0. The Morgan fingerprint density at radius 3 is 2.89 bits per heavy atom. The van der Waals surface area contributed by atoms with Gasteiger partial charge in [0.25, 0.3) is 0 Å². The van der Waals surface area contributed by atoms with Crippen LogP contribution in [0, 0.1) is 0 Å². The average Bonchev–Trinajstić information content (AvgIpc) is 2.37. The van der Waals surface area contributed by atoms with E-state index >= 15 is 0 Å². The Morgan fingerprint density at radius 1 is 1.39 bits per heavy atom. The largest absolute Gasteiger partial charge is 0.310 e. The van der Waals surface area contributed by atoms with Crippen LogP contribution in [-0.4, -0.2) is 11.5 Å². The summed E-state index contributed by atoms with van der Waals surface area (Å²) in [5.41, 5.74) is 1.27. The van der Waals surface area contributed by atoms with Crippen LogP contribution in [0.15, 0.2) is 35.6 Å². The molecule has 0 aliphatic rings. The van der Waals surface area contributed by atoms with Crippen molar-refractivity contribution in [3.8, 4) is 0 Å². The van der Waals surface area contributed by atoms with E-state index in [1.54, 1.807) is 0 Å². The number of nitrogens with zero attached hydrogens (tertiary/aromatic N) is 1. The van der Waals surface area contributed by atoms with Crippen molar-refractivity contribution in [3.05, 3.63) is 41.2 Å². The van der Waals surface area contributed by atoms with Crippen LogP contribution >= 0.6 is 15.9 Å². The van der Waals surface area contributed by atoms with Crippen molar-refractivity contribution in [2.45, 2.75) is 45.1 Å². The Kier molecular flexibility index (Phi) is 7.94. The van der Waals surface area contributed by atoms with E-state index < -0.39 is 0 Å². The third kappa shape index (κ3) is 5.78. The summed E-state index contributed by atoms with van der Waals surface area (Å²) in [4.78, 5) is 4.24. The zero-order chi connectivity index (χ0) is 13.2. The third-order valence-electron chi connectivity index (χ3n) is 2.98. The van der Waals surface area contributed by atoms with E-state index in [4.69, 9.17) is 0 Å². The summed E-state index contributed by atoms with van der Waals surface area (Å²) in [6.45, 7) is 6.89. The van der Waals surface area contributed by atoms with Crippen LogP contribution in [0.4, 0.5) is 0 Å². The third-order valence-corrected chi connectivity index (χ3v) is 3.41. The number of hydrogen-bond donors (Lipinski definition) is 1. The monoisotopic (exact) mass is 310 g/mol. The van der Waals surface area contributed by atoms with Gasteiger partial charge in [0.2, 0.25) is 0 Å². The van der Waals surface area contributed by atoms with Crippen LogP contribution in [0.2, 0.25) is 0 Å². The van der Waals surface area contributed by atoms with Gasteiger partial charge in [-0.1, -0.05) is 25.8 Å². The first kappa shape index (κ1) is 15.4. The molecule has 0 saturated carbocycles. The SMILES string of the molecule is C=CCCCCCC(NCC)c1cncc(Br)c1. The normalized spacial score (nSPS) is 12.3. The summed E-state index contributed by atoms with van der Waals surface area (Å²) < 4.78 is 1.05. The zero-order valence-electron chi connectivity index (χ0n) is 11.2. The highest BCUT2D eigenvalue weighted by Gasteiger charge is 2.10. The van der Waals surface area contributed by atoms with Gasteiger partial charge in [-0.3, -0.25) is 4.98 Å². The smallest absolute Gasteiger partial charge is 0.0410 e. The van der Waals surface area contributed by atoms with Gasteiger partial charge in [0, 0.05) is 22.9 Å². The summed E-state index contributed by atoms with van der Waals surface area (Å²) >= 11 is 3.48. The van der Waals surface area contributed by atoms with Crippen molar-refractivity contribution in [2.24, 2.45) is 0 Å². The molecule has 0 bridgehead atoms. The van der Waals surface area contributed by atoms with E-state index in [1.165, 1.54) is 31.2 Å². The van der Waals surface area contributed by atoms with Gasteiger partial charge in [-0.05, 0) is 53.4 Å². The van der Waals surface area contributed by atoms with Crippen molar-refractivity contribution >= 4 is 15.9 Å². The second-order valence-corrected chi connectivity index (χ2v) is 5.39. The number of hydrogen-bond acceptors (Lipinski definition) is 2. The Balaban J connectivity index is 2.46. The first-order valence-corrected chi connectivity index (χ1v) is 7.52. The average molecular weight is 311 g/mol. The van der Waals surface area contributed by atoms with Gasteiger partial charge in [-0.15, -0.1) is 6.58 Å². The number of allylic oxidation sites excluding steroid dienone is 1. The summed E-state index contributed by atoms with van der Waals surface area (Å²) in [7, 11) is 0. The second kappa shape index (κ2) is 9.29. The molecule has 2 nitrogen and oxygen atoms in total. The van der Waals surface area contributed by atoms with Crippen LogP contribution in [-0.2, 0) is 0 Å². The molecule has 1 aromatic rings. The maximum Gasteiger partial charge on any atom is 0.0410 e. The predicted molar refractivity (Wildman–Crippen MR) is 81.6 cm³/mol. The lowest BCUT2D eigenvalue weighted by Gasteiger charge is -2.18. The number of halogens is 1. The van der Waals surface area contributed by atoms with Crippen molar-refractivity contribution < 1.29 is 0 Å². The number of rotatable bonds is 9. The van der Waals surface area contributed by atoms with E-state index in [-0.39, 0.29) is 0 Å². The molecule has 0 spiro atoms. The van der Waals surface area contributed by atoms with Crippen LogP contribution in [0.25, 0.3) is 0 Å². The first-order valence-electron chi connectivity index (χ1n) is 6.72. The molecule has 1 aromatic heterocycles. The summed E-state index contributed by atoms with van der Waals surface area (Å²) in [5, 5.41) is 3.54. The Morgan fingerprint density at radius 2 is 2.22 bits per heavy atom. The van der Waals surface area contributed by atoms with E-state index in [0.717, 1.165) is 17.4 Å². The number of unbranched alkanes of at least 4 members (excludes halogenated alkanes) is 3. The predicted octanol–water partition coefficient (Wildman–Crippen LogP) is 4.63. The van der Waals surface area contributed by atoms with E-state index in [2.05, 4.69) is 45.8 Å². The van der Waals surface area contributed by atoms with E-state index in [9.17, 15) is 0 Å². The lowest BCUT2D eigenvalue weighted by Crippen LogP contribution is -2.21. The number of nitrogens with one attached hydrogen (secondary N) is 1. The zero-order valence-corrected chi connectivity index (χ0v) is 12.7. The molecule has 1 heterocycles. The number of aromatic nitrogens is 1. The molecule has 0 saturated heterocycles. The quantitative estimate of drug-likeness (QED) is 0.531.